The van der Waals surface area contributed by atoms with E-state index >= 15 is 0 Å². The number of aromatic hydroxyl groups is 1. The summed E-state index contributed by atoms with van der Waals surface area (Å²) < 4.78 is 0.179. The molecule has 0 amide bonds. The highest BCUT2D eigenvalue weighted by molar-refractivity contribution is 6.01. The lowest BCUT2D eigenvalue weighted by Crippen LogP contribution is -2.20. The normalized spacial score (nSPS) is 11.4. The molecule has 0 spiro atoms. The summed E-state index contributed by atoms with van der Waals surface area (Å²) in [4.78, 5) is 16.5. The van der Waals surface area contributed by atoms with Gasteiger partial charge in [-0.05, 0) is 25.0 Å². The third kappa shape index (κ3) is 3.22. The molecule has 2 aromatic rings. The molecular formula is C15H16N2O4. The highest BCUT2D eigenvalue weighted by atomic mass is 16.6. The van der Waals surface area contributed by atoms with E-state index in [1.54, 1.807) is 13.8 Å². The number of aromatic nitrogens is 1. The van der Waals surface area contributed by atoms with Crippen molar-refractivity contribution in [3.05, 3.63) is 63.4 Å². The van der Waals surface area contributed by atoms with E-state index < -0.39 is 11.4 Å². The number of hydrogen-bond donors (Lipinski definition) is 2. The zero-order valence-corrected chi connectivity index (χ0v) is 11.8. The van der Waals surface area contributed by atoms with E-state index in [4.69, 9.17) is 4.84 Å². The van der Waals surface area contributed by atoms with Crippen LogP contribution >= 0.6 is 0 Å². The lowest BCUT2D eigenvalue weighted by molar-refractivity contribution is 0.129. The summed E-state index contributed by atoms with van der Waals surface area (Å²) in [6.07, 6.45) is 0. The monoisotopic (exact) mass is 288 g/mol. The Bertz CT molecular complexity index is 720. The van der Waals surface area contributed by atoms with Crippen LogP contribution < -0.4 is 5.56 Å². The van der Waals surface area contributed by atoms with E-state index in [-0.39, 0.29) is 16.9 Å². The van der Waals surface area contributed by atoms with Crippen LogP contribution in [-0.4, -0.2) is 20.8 Å². The van der Waals surface area contributed by atoms with Crippen molar-refractivity contribution in [3.63, 3.8) is 0 Å². The van der Waals surface area contributed by atoms with Gasteiger partial charge in [-0.15, -0.1) is 4.73 Å². The second-order valence-corrected chi connectivity index (χ2v) is 4.61. The SMILES string of the molecule is C/C(=N\OCc1ccccc1)c1c(C)cc(=O)n(O)c1O. The van der Waals surface area contributed by atoms with Crippen LogP contribution in [0.5, 0.6) is 5.88 Å². The van der Waals surface area contributed by atoms with Gasteiger partial charge < -0.3 is 15.2 Å². The number of aryl methyl sites for hydroxylation is 1. The van der Waals surface area contributed by atoms with Gasteiger partial charge in [-0.2, -0.15) is 0 Å². The lowest BCUT2D eigenvalue weighted by atomic mass is 10.1. The summed E-state index contributed by atoms with van der Waals surface area (Å²) >= 11 is 0. The molecule has 0 radical (unpaired) electrons. The molecule has 21 heavy (non-hydrogen) atoms. The minimum Gasteiger partial charge on any atom is -0.492 e. The van der Waals surface area contributed by atoms with E-state index in [0.29, 0.717) is 11.3 Å². The van der Waals surface area contributed by atoms with Crippen LogP contribution in [0.4, 0.5) is 0 Å². The van der Waals surface area contributed by atoms with Crippen LogP contribution in [0.1, 0.15) is 23.6 Å². The number of rotatable bonds is 4. The van der Waals surface area contributed by atoms with Gasteiger partial charge in [0.05, 0.1) is 11.3 Å². The summed E-state index contributed by atoms with van der Waals surface area (Å²) in [5.74, 6) is -0.551. The van der Waals surface area contributed by atoms with Gasteiger partial charge in [0, 0.05) is 6.07 Å². The fraction of sp³-hybridized carbons (Fsp3) is 0.200. The van der Waals surface area contributed by atoms with Crippen molar-refractivity contribution < 1.29 is 15.2 Å². The first-order valence-electron chi connectivity index (χ1n) is 6.36. The molecule has 0 unspecified atom stereocenters. The number of benzene rings is 1. The summed E-state index contributed by atoms with van der Waals surface area (Å²) in [6, 6.07) is 10.7. The quantitative estimate of drug-likeness (QED) is 0.512. The number of hydrogen-bond acceptors (Lipinski definition) is 5. The summed E-state index contributed by atoms with van der Waals surface area (Å²) in [5.41, 5.74) is 1.40. The van der Waals surface area contributed by atoms with Crippen molar-refractivity contribution in [2.24, 2.45) is 5.16 Å². The van der Waals surface area contributed by atoms with Crippen LogP contribution in [0.3, 0.4) is 0 Å². The van der Waals surface area contributed by atoms with Crippen molar-refractivity contribution in [1.82, 2.24) is 4.73 Å². The summed E-state index contributed by atoms with van der Waals surface area (Å²) in [6.45, 7) is 3.56. The number of nitrogens with zero attached hydrogens (tertiary/aromatic N) is 2. The maximum absolute atomic E-state index is 11.3. The van der Waals surface area contributed by atoms with Crippen molar-refractivity contribution in [2.45, 2.75) is 20.5 Å². The molecule has 0 aliphatic rings. The second-order valence-electron chi connectivity index (χ2n) is 4.61. The molecule has 6 nitrogen and oxygen atoms in total. The number of oxime groups is 1. The van der Waals surface area contributed by atoms with Gasteiger partial charge in [0.25, 0.3) is 5.56 Å². The maximum atomic E-state index is 11.3. The lowest BCUT2D eigenvalue weighted by Gasteiger charge is -2.09. The van der Waals surface area contributed by atoms with Gasteiger partial charge in [0.2, 0.25) is 5.88 Å². The second kappa shape index (κ2) is 6.13. The molecule has 2 N–H and O–H groups in total. The van der Waals surface area contributed by atoms with Crippen LogP contribution in [0.2, 0.25) is 0 Å². The Morgan fingerprint density at radius 1 is 1.33 bits per heavy atom. The van der Waals surface area contributed by atoms with E-state index in [2.05, 4.69) is 5.16 Å². The van der Waals surface area contributed by atoms with Crippen LogP contribution in [-0.2, 0) is 11.4 Å². The van der Waals surface area contributed by atoms with E-state index in [1.165, 1.54) is 6.07 Å². The Labute approximate surface area is 121 Å². The minimum absolute atomic E-state index is 0.179. The van der Waals surface area contributed by atoms with Gasteiger partial charge in [0.15, 0.2) is 0 Å². The van der Waals surface area contributed by atoms with E-state index in [9.17, 15) is 15.1 Å². The van der Waals surface area contributed by atoms with Gasteiger partial charge in [-0.25, -0.2) is 0 Å². The molecular weight excluding hydrogens is 272 g/mol. The topological polar surface area (TPSA) is 84.0 Å². The molecule has 0 saturated heterocycles. The standard InChI is InChI=1S/C15H16N2O4/c1-10-8-13(18)17(20)15(19)14(10)11(2)16-21-9-12-6-4-3-5-7-12/h3-8,19-20H,9H2,1-2H3/b16-11+. The fourth-order valence-corrected chi connectivity index (χ4v) is 1.98. The van der Waals surface area contributed by atoms with Crippen molar-refractivity contribution in [2.75, 3.05) is 0 Å². The first-order valence-corrected chi connectivity index (χ1v) is 6.36. The molecule has 0 atom stereocenters. The van der Waals surface area contributed by atoms with Gasteiger partial charge >= 0.3 is 0 Å². The van der Waals surface area contributed by atoms with Gasteiger partial charge in [-0.3, -0.25) is 4.79 Å². The fourth-order valence-electron chi connectivity index (χ4n) is 1.98. The van der Waals surface area contributed by atoms with Crippen LogP contribution in [0, 0.1) is 6.92 Å². The van der Waals surface area contributed by atoms with Crippen molar-refractivity contribution >= 4 is 5.71 Å². The Balaban J connectivity index is 2.20. The molecule has 6 heteroatoms. The Morgan fingerprint density at radius 2 is 2.00 bits per heavy atom. The highest BCUT2D eigenvalue weighted by Gasteiger charge is 2.15. The first kappa shape index (κ1) is 14.6. The Hall–Kier alpha value is -2.76. The zero-order valence-electron chi connectivity index (χ0n) is 11.8. The van der Waals surface area contributed by atoms with Crippen LogP contribution in [0.15, 0.2) is 46.3 Å². The minimum atomic E-state index is -0.702. The first-order chi connectivity index (χ1) is 10.0. The zero-order chi connectivity index (χ0) is 15.4. The average molecular weight is 288 g/mol. The molecule has 0 aliphatic heterocycles. The summed E-state index contributed by atoms with van der Waals surface area (Å²) in [5, 5.41) is 23.2. The summed E-state index contributed by atoms with van der Waals surface area (Å²) in [7, 11) is 0. The average Bonchev–Trinajstić information content (AvgIpc) is 2.46. The maximum Gasteiger partial charge on any atom is 0.286 e. The van der Waals surface area contributed by atoms with E-state index in [0.717, 1.165) is 5.56 Å². The molecule has 1 heterocycles. The molecule has 0 fully saturated rings. The molecule has 0 bridgehead atoms. The van der Waals surface area contributed by atoms with Gasteiger partial charge in [-0.1, -0.05) is 35.5 Å². The van der Waals surface area contributed by atoms with Crippen molar-refractivity contribution in [3.8, 4) is 5.88 Å². The smallest absolute Gasteiger partial charge is 0.286 e. The Morgan fingerprint density at radius 3 is 2.67 bits per heavy atom. The molecule has 2 rings (SSSR count). The van der Waals surface area contributed by atoms with Gasteiger partial charge in [0.1, 0.15) is 6.61 Å². The molecule has 1 aromatic heterocycles. The third-order valence-electron chi connectivity index (χ3n) is 3.00. The van der Waals surface area contributed by atoms with Crippen LogP contribution in [0.25, 0.3) is 0 Å². The molecule has 0 saturated carbocycles. The van der Waals surface area contributed by atoms with E-state index in [1.807, 2.05) is 30.3 Å². The Kier molecular flexibility index (Phi) is 4.27. The molecule has 1 aromatic carbocycles. The largest absolute Gasteiger partial charge is 0.492 e. The number of pyridine rings is 1. The third-order valence-corrected chi connectivity index (χ3v) is 3.00. The molecule has 110 valence electrons. The predicted octanol–water partition coefficient (Wildman–Crippen LogP) is 2.04. The highest BCUT2D eigenvalue weighted by Crippen LogP contribution is 2.19. The molecule has 0 aliphatic carbocycles. The van der Waals surface area contributed by atoms with Crippen molar-refractivity contribution in [1.29, 1.82) is 0 Å². The predicted molar refractivity (Wildman–Crippen MR) is 77.7 cm³/mol.